The number of hydrogen-bond donors (Lipinski definition) is 0. The van der Waals surface area contributed by atoms with Crippen molar-refractivity contribution in [3.8, 4) is 0 Å². The van der Waals surface area contributed by atoms with Gasteiger partial charge in [-0.1, -0.05) is 0 Å². The maximum absolute atomic E-state index is 5.33. The Morgan fingerprint density at radius 1 is 0.900 bits per heavy atom. The highest BCUT2D eigenvalue weighted by molar-refractivity contribution is 6.73. The average molecular weight is 206 g/mol. The molecule has 0 amide bonds. The molecule has 0 saturated carbocycles. The summed E-state index contributed by atoms with van der Waals surface area (Å²) in [6, 6.07) is 0. The lowest BCUT2D eigenvalue weighted by Crippen LogP contribution is -2.41. The summed E-state index contributed by atoms with van der Waals surface area (Å²) in [5.74, 6) is 0. The van der Waals surface area contributed by atoms with Gasteiger partial charge in [0.05, 0.1) is 0 Å². The van der Waals surface area contributed by atoms with Gasteiger partial charge in [0, 0.05) is 0 Å². The Morgan fingerprint density at radius 3 is 1.90 bits per heavy atom. The van der Waals surface area contributed by atoms with Gasteiger partial charge in [-0.3, -0.25) is 0 Å². The van der Waals surface area contributed by atoms with Gasteiger partial charge in [-0.25, -0.2) is 0 Å². The third-order valence-electron chi connectivity index (χ3n) is 0.742. The second-order valence-corrected chi connectivity index (χ2v) is 8.62. The summed E-state index contributed by atoms with van der Waals surface area (Å²) >= 11 is 0. The van der Waals surface area contributed by atoms with Crippen LogP contribution in [0.25, 0.3) is 0 Å². The van der Waals surface area contributed by atoms with Crippen LogP contribution < -0.4 is 0 Å². The minimum absolute atomic E-state index is 0.0633. The molecule has 1 saturated heterocycles. The molecule has 0 bridgehead atoms. The minimum Gasteiger partial charge on any atom is -0.414 e. The van der Waals surface area contributed by atoms with E-state index in [1.54, 1.807) is 0 Å². The monoisotopic (exact) mass is 206 g/mol. The minimum atomic E-state index is -1.89. The SMILES string of the molecule is C[Si]1(C)O[Si]O[Si]O[Si]O1. The summed E-state index contributed by atoms with van der Waals surface area (Å²) in [5.41, 5.74) is 0. The van der Waals surface area contributed by atoms with E-state index < -0.39 is 8.56 Å². The van der Waals surface area contributed by atoms with Crippen LogP contribution in [0.5, 0.6) is 0 Å². The van der Waals surface area contributed by atoms with Gasteiger partial charge in [0.25, 0.3) is 0 Å². The zero-order valence-corrected chi connectivity index (χ0v) is 9.63. The van der Waals surface area contributed by atoms with E-state index in [1.165, 1.54) is 0 Å². The average Bonchev–Trinajstić information content (AvgIpc) is 1.81. The quantitative estimate of drug-likeness (QED) is 0.495. The van der Waals surface area contributed by atoms with Gasteiger partial charge in [-0.15, -0.1) is 0 Å². The van der Waals surface area contributed by atoms with Crippen LogP contribution >= 0.6 is 0 Å². The van der Waals surface area contributed by atoms with Gasteiger partial charge in [-0.2, -0.15) is 0 Å². The molecule has 10 heavy (non-hydrogen) atoms. The molecule has 4 nitrogen and oxygen atoms in total. The Bertz CT molecular complexity index is 97.4. The highest BCUT2D eigenvalue weighted by Crippen LogP contribution is 2.05. The van der Waals surface area contributed by atoms with Gasteiger partial charge >= 0.3 is 38.6 Å². The van der Waals surface area contributed by atoms with Crippen molar-refractivity contribution in [1.29, 1.82) is 0 Å². The fourth-order valence-electron chi connectivity index (χ4n) is 0.318. The summed E-state index contributed by atoms with van der Waals surface area (Å²) in [4.78, 5) is 0. The molecular weight excluding hydrogens is 200 g/mol. The first kappa shape index (κ1) is 8.80. The van der Waals surface area contributed by atoms with Crippen LogP contribution in [-0.4, -0.2) is 38.6 Å². The van der Waals surface area contributed by atoms with Crippen molar-refractivity contribution in [1.82, 2.24) is 0 Å². The van der Waals surface area contributed by atoms with E-state index in [4.69, 9.17) is 16.5 Å². The predicted octanol–water partition coefficient (Wildman–Crippen LogP) is -0.629. The maximum Gasteiger partial charge on any atom is 0.412 e. The van der Waals surface area contributed by atoms with Crippen molar-refractivity contribution in [2.75, 3.05) is 0 Å². The molecule has 0 unspecified atom stereocenters. The molecule has 0 spiro atoms. The van der Waals surface area contributed by atoms with Crippen LogP contribution in [0.4, 0.5) is 0 Å². The molecule has 54 valence electrons. The van der Waals surface area contributed by atoms with Gasteiger partial charge < -0.3 is 16.5 Å². The summed E-state index contributed by atoms with van der Waals surface area (Å²) < 4.78 is 20.6. The first-order valence-corrected chi connectivity index (χ1v) is 7.90. The van der Waals surface area contributed by atoms with E-state index in [1.807, 2.05) is 13.1 Å². The van der Waals surface area contributed by atoms with Crippen molar-refractivity contribution in [2.24, 2.45) is 0 Å². The highest BCUT2D eigenvalue weighted by Gasteiger charge is 2.27. The molecule has 6 radical (unpaired) electrons. The zero-order valence-electron chi connectivity index (χ0n) is 5.63. The Kier molecular flexibility index (Phi) is 3.45. The summed E-state index contributed by atoms with van der Waals surface area (Å²) in [6.07, 6.45) is 0. The Hall–Kier alpha value is 0.708. The largest absolute Gasteiger partial charge is 0.414 e. The second-order valence-electron chi connectivity index (χ2n) is 2.06. The molecule has 1 aliphatic rings. The van der Waals surface area contributed by atoms with Gasteiger partial charge in [0.1, 0.15) is 0 Å². The van der Waals surface area contributed by atoms with Crippen molar-refractivity contribution in [3.63, 3.8) is 0 Å². The molecule has 8 heteroatoms. The van der Waals surface area contributed by atoms with Crippen molar-refractivity contribution in [2.45, 2.75) is 13.1 Å². The van der Waals surface area contributed by atoms with Crippen molar-refractivity contribution >= 4 is 38.6 Å². The third-order valence-corrected chi connectivity index (χ3v) is 6.67. The molecule has 0 aromatic rings. The smallest absolute Gasteiger partial charge is 0.412 e. The zero-order chi connectivity index (χ0) is 7.45. The summed E-state index contributed by atoms with van der Waals surface area (Å²) in [5, 5.41) is 0. The molecule has 0 atom stereocenters. The van der Waals surface area contributed by atoms with Gasteiger partial charge in [0.15, 0.2) is 0 Å². The van der Waals surface area contributed by atoms with E-state index in [0.717, 1.165) is 0 Å². The lowest BCUT2D eigenvalue weighted by atomic mass is 11.9. The standard InChI is InChI=1S/C2H6O4Si4/c1-10(2)5-8-3-7-4-9-6-10/h1-2H3. The Morgan fingerprint density at radius 2 is 1.40 bits per heavy atom. The number of hydrogen-bond acceptors (Lipinski definition) is 4. The van der Waals surface area contributed by atoms with E-state index >= 15 is 0 Å². The lowest BCUT2D eigenvalue weighted by Gasteiger charge is -2.23. The molecule has 1 fully saturated rings. The topological polar surface area (TPSA) is 36.9 Å². The Balaban J connectivity index is 2.30. The molecule has 0 aromatic carbocycles. The van der Waals surface area contributed by atoms with E-state index in [-0.39, 0.29) is 30.0 Å². The molecule has 0 N–H and O–H groups in total. The maximum atomic E-state index is 5.33. The van der Waals surface area contributed by atoms with Crippen LogP contribution in [0, 0.1) is 0 Å². The van der Waals surface area contributed by atoms with Crippen LogP contribution in [0.2, 0.25) is 13.1 Å². The highest BCUT2D eigenvalue weighted by atomic mass is 28.5. The van der Waals surface area contributed by atoms with Crippen LogP contribution in [0.3, 0.4) is 0 Å². The molecule has 1 aliphatic heterocycles. The van der Waals surface area contributed by atoms with Crippen molar-refractivity contribution < 1.29 is 16.5 Å². The Labute approximate surface area is 68.6 Å². The normalized spacial score (nSPS) is 27.0. The molecule has 1 rings (SSSR count). The van der Waals surface area contributed by atoms with Crippen LogP contribution in [0.15, 0.2) is 0 Å². The first-order chi connectivity index (χ1) is 4.71. The number of rotatable bonds is 0. The fraction of sp³-hybridized carbons (Fsp3) is 1.00. The van der Waals surface area contributed by atoms with E-state index in [2.05, 4.69) is 0 Å². The molecule has 0 aliphatic carbocycles. The molecular formula is C2H6O4Si4. The molecule has 1 heterocycles. The molecule has 0 aromatic heterocycles. The summed E-state index contributed by atoms with van der Waals surface area (Å²) in [6.45, 7) is 3.93. The van der Waals surface area contributed by atoms with Crippen molar-refractivity contribution in [3.05, 3.63) is 0 Å². The second kappa shape index (κ2) is 3.92. The van der Waals surface area contributed by atoms with Crippen LogP contribution in [0.1, 0.15) is 0 Å². The van der Waals surface area contributed by atoms with Gasteiger partial charge in [-0.05, 0) is 13.1 Å². The van der Waals surface area contributed by atoms with E-state index in [0.29, 0.717) is 0 Å². The lowest BCUT2D eigenvalue weighted by molar-refractivity contribution is 0.315. The summed E-state index contributed by atoms with van der Waals surface area (Å²) in [7, 11) is -1.69. The van der Waals surface area contributed by atoms with E-state index in [9.17, 15) is 0 Å². The fourth-order valence-corrected chi connectivity index (χ4v) is 4.36. The third kappa shape index (κ3) is 3.20. The van der Waals surface area contributed by atoms with Gasteiger partial charge in [0.2, 0.25) is 0 Å². The first-order valence-electron chi connectivity index (χ1n) is 2.63. The predicted molar refractivity (Wildman–Crippen MR) is 39.1 cm³/mol. The van der Waals surface area contributed by atoms with Crippen LogP contribution in [-0.2, 0) is 16.5 Å².